The Balaban J connectivity index is 2.30. The number of carbonyl (C=O) groups excluding carboxylic acids is 1. The minimum absolute atomic E-state index is 0.0120. The Hall–Kier alpha value is -2.33. The summed E-state index contributed by atoms with van der Waals surface area (Å²) < 4.78 is 1.84. The van der Waals surface area contributed by atoms with E-state index in [1.807, 2.05) is 23.6 Å². The quantitative estimate of drug-likeness (QED) is 0.802. The van der Waals surface area contributed by atoms with E-state index in [0.29, 0.717) is 22.3 Å². The summed E-state index contributed by atoms with van der Waals surface area (Å²) in [5.41, 5.74) is 1.39. The Kier molecular flexibility index (Phi) is 4.60. The summed E-state index contributed by atoms with van der Waals surface area (Å²) in [7, 11) is 3.44. The first-order valence-corrected chi connectivity index (χ1v) is 7.27. The molecule has 0 unspecified atom stereocenters. The van der Waals surface area contributed by atoms with Gasteiger partial charge in [0.15, 0.2) is 5.16 Å². The molecule has 0 aliphatic rings. The van der Waals surface area contributed by atoms with E-state index in [4.69, 9.17) is 5.26 Å². The predicted molar refractivity (Wildman–Crippen MR) is 80.2 cm³/mol. The molecule has 0 bridgehead atoms. The van der Waals surface area contributed by atoms with Gasteiger partial charge in [-0.2, -0.15) is 5.26 Å². The molecular weight excluding hydrogens is 286 g/mol. The monoisotopic (exact) mass is 301 g/mol. The second-order valence-electron chi connectivity index (χ2n) is 4.60. The van der Waals surface area contributed by atoms with Crippen LogP contribution in [-0.4, -0.2) is 45.4 Å². The molecule has 0 saturated carbocycles. The summed E-state index contributed by atoms with van der Waals surface area (Å²) in [6, 6.07) is 9.32. The number of aryl methyl sites for hydroxylation is 1. The van der Waals surface area contributed by atoms with Gasteiger partial charge in [0.25, 0.3) is 0 Å². The Morgan fingerprint density at radius 2 is 2.19 bits per heavy atom. The molecule has 0 fully saturated rings. The van der Waals surface area contributed by atoms with Crippen LogP contribution in [0.2, 0.25) is 0 Å². The van der Waals surface area contributed by atoms with Crippen molar-refractivity contribution in [3.8, 4) is 11.8 Å². The van der Waals surface area contributed by atoms with Crippen molar-refractivity contribution >= 4 is 17.7 Å². The van der Waals surface area contributed by atoms with E-state index < -0.39 is 0 Å². The molecule has 1 aromatic heterocycles. The van der Waals surface area contributed by atoms with Crippen molar-refractivity contribution in [2.75, 3.05) is 19.8 Å². The van der Waals surface area contributed by atoms with Gasteiger partial charge in [-0.05, 0) is 25.1 Å². The minimum Gasteiger partial charge on any atom is -0.348 e. The first-order chi connectivity index (χ1) is 10.0. The third-order valence-corrected chi connectivity index (χ3v) is 3.77. The number of benzene rings is 1. The molecule has 2 aromatic rings. The van der Waals surface area contributed by atoms with Crippen LogP contribution in [0.15, 0.2) is 29.4 Å². The van der Waals surface area contributed by atoms with Crippen LogP contribution in [0.25, 0.3) is 5.69 Å². The third kappa shape index (κ3) is 3.41. The highest BCUT2D eigenvalue weighted by Crippen LogP contribution is 2.22. The van der Waals surface area contributed by atoms with Crippen molar-refractivity contribution in [3.63, 3.8) is 0 Å². The number of rotatable bonds is 4. The first kappa shape index (κ1) is 15.1. The summed E-state index contributed by atoms with van der Waals surface area (Å²) in [4.78, 5) is 13.2. The molecule has 0 aliphatic carbocycles. The lowest BCUT2D eigenvalue weighted by Crippen LogP contribution is -2.23. The lowest BCUT2D eigenvalue weighted by molar-refractivity contribution is -0.125. The van der Waals surface area contributed by atoms with Crippen molar-refractivity contribution < 1.29 is 4.79 Å². The standard InChI is InChI=1S/C14H15N5OS/c1-10-16-17-14(21-9-13(20)18(2)3)19(10)12-6-4-5-11(7-12)8-15/h4-7H,9H2,1-3H3. The fourth-order valence-corrected chi connectivity index (χ4v) is 2.68. The minimum atomic E-state index is 0.0120. The SMILES string of the molecule is Cc1nnc(SCC(=O)N(C)C)n1-c1cccc(C#N)c1. The highest BCUT2D eigenvalue weighted by atomic mass is 32.2. The molecule has 0 N–H and O–H groups in total. The van der Waals surface area contributed by atoms with E-state index in [2.05, 4.69) is 16.3 Å². The fourth-order valence-electron chi connectivity index (χ4n) is 1.70. The number of nitrogens with zero attached hydrogens (tertiary/aromatic N) is 5. The molecule has 0 atom stereocenters. The largest absolute Gasteiger partial charge is 0.348 e. The van der Waals surface area contributed by atoms with Crippen LogP contribution in [0.3, 0.4) is 0 Å². The number of hydrogen-bond donors (Lipinski definition) is 0. The Labute approximate surface area is 127 Å². The van der Waals surface area contributed by atoms with Crippen LogP contribution < -0.4 is 0 Å². The average molecular weight is 301 g/mol. The molecule has 108 valence electrons. The number of thioether (sulfide) groups is 1. The third-order valence-electron chi connectivity index (χ3n) is 2.85. The molecule has 0 spiro atoms. The van der Waals surface area contributed by atoms with E-state index in [0.717, 1.165) is 5.69 Å². The maximum Gasteiger partial charge on any atom is 0.232 e. The van der Waals surface area contributed by atoms with Crippen molar-refractivity contribution in [1.29, 1.82) is 5.26 Å². The predicted octanol–water partition coefficient (Wildman–Crippen LogP) is 1.63. The number of hydrogen-bond acceptors (Lipinski definition) is 5. The van der Waals surface area contributed by atoms with Crippen molar-refractivity contribution in [1.82, 2.24) is 19.7 Å². The summed E-state index contributed by atoms with van der Waals surface area (Å²) in [5.74, 6) is 1.02. The number of aromatic nitrogens is 3. The Bertz CT molecular complexity index is 702. The smallest absolute Gasteiger partial charge is 0.232 e. The maximum absolute atomic E-state index is 11.7. The van der Waals surface area contributed by atoms with E-state index in [1.54, 1.807) is 26.2 Å². The van der Waals surface area contributed by atoms with E-state index >= 15 is 0 Å². The molecule has 0 radical (unpaired) electrons. The molecule has 6 nitrogen and oxygen atoms in total. The van der Waals surface area contributed by atoms with Crippen molar-refractivity contribution in [2.45, 2.75) is 12.1 Å². The summed E-state index contributed by atoms with van der Waals surface area (Å²) in [6.45, 7) is 1.84. The molecule has 2 rings (SSSR count). The molecule has 21 heavy (non-hydrogen) atoms. The Morgan fingerprint density at radius 3 is 2.86 bits per heavy atom. The Morgan fingerprint density at radius 1 is 1.43 bits per heavy atom. The summed E-state index contributed by atoms with van der Waals surface area (Å²) in [6.07, 6.45) is 0. The van der Waals surface area contributed by atoms with E-state index in [1.165, 1.54) is 16.7 Å². The van der Waals surface area contributed by atoms with Gasteiger partial charge in [0, 0.05) is 14.1 Å². The highest BCUT2D eigenvalue weighted by Gasteiger charge is 2.14. The van der Waals surface area contributed by atoms with Gasteiger partial charge in [-0.1, -0.05) is 17.8 Å². The van der Waals surface area contributed by atoms with Crippen molar-refractivity contribution in [2.24, 2.45) is 0 Å². The van der Waals surface area contributed by atoms with Crippen LogP contribution in [-0.2, 0) is 4.79 Å². The molecular formula is C14H15N5OS. The van der Waals surface area contributed by atoms with Crippen LogP contribution in [0.1, 0.15) is 11.4 Å². The van der Waals surface area contributed by atoms with Crippen LogP contribution >= 0.6 is 11.8 Å². The zero-order chi connectivity index (χ0) is 15.4. The zero-order valence-corrected chi connectivity index (χ0v) is 12.9. The zero-order valence-electron chi connectivity index (χ0n) is 12.1. The normalized spacial score (nSPS) is 10.2. The summed E-state index contributed by atoms with van der Waals surface area (Å²) >= 11 is 1.33. The lowest BCUT2D eigenvalue weighted by Gasteiger charge is -2.11. The molecule has 1 amide bonds. The van der Waals surface area contributed by atoms with Crippen LogP contribution in [0, 0.1) is 18.3 Å². The van der Waals surface area contributed by atoms with Gasteiger partial charge in [-0.15, -0.1) is 10.2 Å². The average Bonchev–Trinajstić information content (AvgIpc) is 2.85. The molecule has 1 aromatic carbocycles. The molecule has 1 heterocycles. The fraction of sp³-hybridized carbons (Fsp3) is 0.286. The van der Waals surface area contributed by atoms with E-state index in [-0.39, 0.29) is 5.91 Å². The lowest BCUT2D eigenvalue weighted by atomic mass is 10.2. The van der Waals surface area contributed by atoms with Gasteiger partial charge >= 0.3 is 0 Å². The van der Waals surface area contributed by atoms with E-state index in [9.17, 15) is 4.79 Å². The molecule has 0 saturated heterocycles. The molecule has 7 heteroatoms. The number of nitriles is 1. The second kappa shape index (κ2) is 6.41. The highest BCUT2D eigenvalue weighted by molar-refractivity contribution is 7.99. The van der Waals surface area contributed by atoms with Crippen molar-refractivity contribution in [3.05, 3.63) is 35.7 Å². The van der Waals surface area contributed by atoms with Gasteiger partial charge in [-0.3, -0.25) is 9.36 Å². The van der Waals surface area contributed by atoms with Gasteiger partial charge in [0.2, 0.25) is 5.91 Å². The maximum atomic E-state index is 11.7. The first-order valence-electron chi connectivity index (χ1n) is 6.28. The second-order valence-corrected chi connectivity index (χ2v) is 5.55. The molecule has 0 aliphatic heterocycles. The van der Waals surface area contributed by atoms with Crippen LogP contribution in [0.4, 0.5) is 0 Å². The van der Waals surface area contributed by atoms with Gasteiger partial charge in [0.1, 0.15) is 5.82 Å². The van der Waals surface area contributed by atoms with Gasteiger partial charge < -0.3 is 4.90 Å². The topological polar surface area (TPSA) is 74.8 Å². The van der Waals surface area contributed by atoms with Gasteiger partial charge in [0.05, 0.1) is 23.1 Å². The van der Waals surface area contributed by atoms with Crippen LogP contribution in [0.5, 0.6) is 0 Å². The number of amides is 1. The van der Waals surface area contributed by atoms with Gasteiger partial charge in [-0.25, -0.2) is 0 Å². The number of carbonyl (C=O) groups is 1. The summed E-state index contributed by atoms with van der Waals surface area (Å²) in [5, 5.41) is 17.8.